The zero-order valence-electron chi connectivity index (χ0n) is 20.8. The van der Waals surface area contributed by atoms with Gasteiger partial charge in [0, 0.05) is 23.9 Å². The average molecular weight is 439 g/mol. The van der Waals surface area contributed by atoms with E-state index in [0.717, 1.165) is 24.8 Å². The molecule has 0 saturated heterocycles. The maximum Gasteiger partial charge on any atom is 1.00 e. The van der Waals surface area contributed by atoms with Crippen molar-refractivity contribution in [2.75, 3.05) is 0 Å². The molecule has 2 rings (SSSR count). The van der Waals surface area contributed by atoms with Crippen LogP contribution in [0.4, 0.5) is 0 Å². The van der Waals surface area contributed by atoms with Crippen molar-refractivity contribution in [1.82, 2.24) is 0 Å². The molecule has 1 aromatic carbocycles. The van der Waals surface area contributed by atoms with Crippen molar-refractivity contribution in [3.05, 3.63) is 39.7 Å². The van der Waals surface area contributed by atoms with E-state index in [-0.39, 0.29) is 42.5 Å². The molecule has 0 unspecified atom stereocenters. The number of unbranched alkanes of at least 4 members (excludes halogenated alkanes) is 12. The predicted molar refractivity (Wildman–Crippen MR) is 125 cm³/mol. The maximum atomic E-state index is 12.5. The van der Waals surface area contributed by atoms with Crippen LogP contribution in [-0.2, 0) is 0 Å². The Hall–Kier alpha value is -1.10. The van der Waals surface area contributed by atoms with Crippen LogP contribution in [0.2, 0.25) is 0 Å². The number of rotatable bonds is 15. The fourth-order valence-corrected chi connectivity index (χ4v) is 4.02. The number of Topliss-reactive ketones (excluding diaryl/α,β-unsaturated/α-hetero) is 1. The zero-order valence-corrected chi connectivity index (χ0v) is 21.8. The van der Waals surface area contributed by atoms with Crippen molar-refractivity contribution in [3.63, 3.8) is 0 Å². The SMILES string of the molecule is CCCCCCCCCCCCCCCC(=O)c1cc2c(C)cc(=O)oc2cc1O.[H-].[Na+]. The molecule has 0 aliphatic carbocycles. The summed E-state index contributed by atoms with van der Waals surface area (Å²) in [5.41, 5.74) is 0.926. The third-order valence-electron chi connectivity index (χ3n) is 5.88. The van der Waals surface area contributed by atoms with Gasteiger partial charge in [0.25, 0.3) is 0 Å². The van der Waals surface area contributed by atoms with Crippen LogP contribution >= 0.6 is 0 Å². The van der Waals surface area contributed by atoms with Crippen molar-refractivity contribution < 1.29 is 45.3 Å². The Morgan fingerprint density at radius 3 is 1.94 bits per heavy atom. The molecule has 5 heteroatoms. The quantitative estimate of drug-likeness (QED) is 0.191. The van der Waals surface area contributed by atoms with Gasteiger partial charge in [0.15, 0.2) is 5.78 Å². The molecule has 31 heavy (non-hydrogen) atoms. The van der Waals surface area contributed by atoms with Crippen molar-refractivity contribution >= 4 is 16.8 Å². The number of aromatic hydroxyl groups is 1. The number of benzene rings is 1. The summed E-state index contributed by atoms with van der Waals surface area (Å²) in [6.45, 7) is 4.06. The van der Waals surface area contributed by atoms with E-state index in [4.69, 9.17) is 4.42 Å². The molecule has 0 radical (unpaired) electrons. The molecule has 0 aliphatic rings. The summed E-state index contributed by atoms with van der Waals surface area (Å²) in [7, 11) is 0. The van der Waals surface area contributed by atoms with E-state index in [1.54, 1.807) is 13.0 Å². The minimum atomic E-state index is -0.453. The van der Waals surface area contributed by atoms with Gasteiger partial charge in [0.05, 0.1) is 5.56 Å². The number of phenols is 1. The molecule has 0 spiro atoms. The van der Waals surface area contributed by atoms with Gasteiger partial charge in [-0.1, -0.05) is 84.0 Å². The molecule has 0 fully saturated rings. The smallest absolute Gasteiger partial charge is 1.00 e. The number of hydrogen-bond acceptors (Lipinski definition) is 4. The number of ketones is 1. The average Bonchev–Trinajstić information content (AvgIpc) is 2.70. The van der Waals surface area contributed by atoms with Crippen LogP contribution in [0.3, 0.4) is 0 Å². The largest absolute Gasteiger partial charge is 1.00 e. The first-order valence-electron chi connectivity index (χ1n) is 11.8. The Labute approximate surface area is 210 Å². The van der Waals surface area contributed by atoms with E-state index in [1.807, 2.05) is 0 Å². The van der Waals surface area contributed by atoms with Crippen LogP contribution in [0.25, 0.3) is 11.0 Å². The van der Waals surface area contributed by atoms with Crippen LogP contribution in [0.5, 0.6) is 5.75 Å². The minimum absolute atomic E-state index is 0. The summed E-state index contributed by atoms with van der Waals surface area (Å²) >= 11 is 0. The molecule has 168 valence electrons. The van der Waals surface area contributed by atoms with Gasteiger partial charge in [-0.3, -0.25) is 4.79 Å². The Morgan fingerprint density at radius 2 is 1.39 bits per heavy atom. The van der Waals surface area contributed by atoms with Crippen LogP contribution in [0.15, 0.2) is 27.4 Å². The van der Waals surface area contributed by atoms with Crippen LogP contribution in [0, 0.1) is 6.92 Å². The summed E-state index contributed by atoms with van der Waals surface area (Å²) in [5.74, 6) is -0.168. The normalized spacial score (nSPS) is 10.9. The molecule has 0 aliphatic heterocycles. The second-order valence-corrected chi connectivity index (χ2v) is 8.53. The van der Waals surface area contributed by atoms with Gasteiger partial charge in [-0.2, -0.15) is 0 Å². The topological polar surface area (TPSA) is 67.5 Å². The van der Waals surface area contributed by atoms with Crippen molar-refractivity contribution in [2.24, 2.45) is 0 Å². The van der Waals surface area contributed by atoms with Crippen LogP contribution in [0.1, 0.15) is 114 Å². The third-order valence-corrected chi connectivity index (χ3v) is 5.88. The first-order valence-corrected chi connectivity index (χ1v) is 11.8. The Kier molecular flexibility index (Phi) is 14.1. The number of aryl methyl sites for hydroxylation is 1. The maximum absolute atomic E-state index is 12.5. The summed E-state index contributed by atoms with van der Waals surface area (Å²) in [4.78, 5) is 24.0. The molecule has 0 amide bonds. The molecule has 0 bridgehead atoms. The van der Waals surface area contributed by atoms with E-state index in [0.29, 0.717) is 23.0 Å². The summed E-state index contributed by atoms with van der Waals surface area (Å²) in [6.07, 6.45) is 16.9. The monoisotopic (exact) mass is 438 g/mol. The number of carbonyl (C=O) groups is 1. The first-order chi connectivity index (χ1) is 14.5. The van der Waals surface area contributed by atoms with Crippen molar-refractivity contribution in [3.8, 4) is 5.75 Å². The first kappa shape index (κ1) is 27.9. The number of phenolic OH excluding ortho intramolecular Hbond substituents is 1. The summed E-state index contributed by atoms with van der Waals surface area (Å²) in [6, 6.07) is 4.43. The summed E-state index contributed by atoms with van der Waals surface area (Å²) in [5, 5.41) is 10.9. The molecule has 1 aromatic heterocycles. The van der Waals surface area contributed by atoms with Crippen molar-refractivity contribution in [1.29, 1.82) is 0 Å². The van der Waals surface area contributed by atoms with Gasteiger partial charge in [-0.15, -0.1) is 0 Å². The van der Waals surface area contributed by atoms with Gasteiger partial charge in [0.1, 0.15) is 11.3 Å². The fourth-order valence-electron chi connectivity index (χ4n) is 4.02. The van der Waals surface area contributed by atoms with E-state index in [1.165, 1.54) is 76.3 Å². The summed E-state index contributed by atoms with van der Waals surface area (Å²) < 4.78 is 5.11. The van der Waals surface area contributed by atoms with Crippen LogP contribution < -0.4 is 35.2 Å². The number of carbonyl (C=O) groups excluding carboxylic acids is 1. The Morgan fingerprint density at radius 1 is 0.871 bits per heavy atom. The second kappa shape index (κ2) is 15.7. The molecule has 1 heterocycles. The Bertz CT molecular complexity index is 863. The molecule has 4 nitrogen and oxygen atoms in total. The van der Waals surface area contributed by atoms with Gasteiger partial charge < -0.3 is 11.0 Å². The van der Waals surface area contributed by atoms with Gasteiger partial charge in [0.2, 0.25) is 0 Å². The molecule has 0 saturated carbocycles. The number of hydrogen-bond donors (Lipinski definition) is 1. The standard InChI is InChI=1S/C26H38O4.Na.H/c1-3-4-5-6-7-8-9-10-11-12-13-14-15-16-23(27)22-18-21-20(2)17-26(29)30-25(21)19-24(22)28;;/h17-19,28H,3-16H2,1-2H3;;/q;+1;-1. The molecular weight excluding hydrogens is 399 g/mol. The van der Waals surface area contributed by atoms with Gasteiger partial charge in [-0.05, 0) is 25.0 Å². The molecule has 2 aromatic rings. The molecule has 1 N–H and O–H groups in total. The third kappa shape index (κ3) is 9.93. The minimum Gasteiger partial charge on any atom is -1.00 e. The fraction of sp³-hybridized carbons (Fsp3) is 0.615. The molecule has 0 atom stereocenters. The van der Waals surface area contributed by atoms with E-state index >= 15 is 0 Å². The van der Waals surface area contributed by atoms with Crippen LogP contribution in [-0.4, -0.2) is 10.9 Å². The number of fused-ring (bicyclic) bond motifs is 1. The van der Waals surface area contributed by atoms with E-state index in [9.17, 15) is 14.7 Å². The van der Waals surface area contributed by atoms with Gasteiger partial charge in [-0.25, -0.2) is 4.79 Å². The van der Waals surface area contributed by atoms with Gasteiger partial charge >= 0.3 is 35.2 Å². The Balaban J connectivity index is 0.00000480. The van der Waals surface area contributed by atoms with Crippen molar-refractivity contribution in [2.45, 2.75) is 104 Å². The predicted octanol–water partition coefficient (Wildman–Crippen LogP) is 4.59. The second-order valence-electron chi connectivity index (χ2n) is 8.53. The molecular formula is C26H39NaO4. The van der Waals surface area contributed by atoms with E-state index in [2.05, 4.69) is 6.92 Å². The zero-order chi connectivity index (χ0) is 21.8. The van der Waals surface area contributed by atoms with E-state index < -0.39 is 5.63 Å².